The van der Waals surface area contributed by atoms with Crippen LogP contribution in [0.5, 0.6) is 0 Å². The fourth-order valence-corrected chi connectivity index (χ4v) is 1.58. The Bertz CT molecular complexity index is 585. The fourth-order valence-electron chi connectivity index (χ4n) is 1.58. The van der Waals surface area contributed by atoms with Gasteiger partial charge in [0.25, 0.3) is 0 Å². The zero-order valence-electron chi connectivity index (χ0n) is 10.5. The van der Waals surface area contributed by atoms with E-state index in [0.717, 1.165) is 28.2 Å². The molecule has 0 amide bonds. The normalized spacial score (nSPS) is 11.0. The third-order valence-corrected chi connectivity index (χ3v) is 2.75. The van der Waals surface area contributed by atoms with Gasteiger partial charge in [0.05, 0.1) is 11.4 Å². The number of benzene rings is 2. The summed E-state index contributed by atoms with van der Waals surface area (Å²) in [5, 5.41) is 8.41. The zero-order chi connectivity index (χ0) is 13.1. The second kappa shape index (κ2) is 4.87. The van der Waals surface area contributed by atoms with E-state index < -0.39 is 0 Å². The van der Waals surface area contributed by atoms with Crippen molar-refractivity contribution in [2.75, 3.05) is 11.5 Å². The molecule has 0 aliphatic rings. The van der Waals surface area contributed by atoms with Crippen LogP contribution in [0.15, 0.2) is 46.6 Å². The third-order valence-electron chi connectivity index (χ3n) is 2.75. The highest BCUT2D eigenvalue weighted by atomic mass is 15.1. The Morgan fingerprint density at radius 3 is 2.17 bits per heavy atom. The molecular weight excluding hydrogens is 224 g/mol. The predicted molar refractivity (Wildman–Crippen MR) is 75.4 cm³/mol. The molecule has 0 heterocycles. The molecule has 0 saturated carbocycles. The van der Waals surface area contributed by atoms with Crippen LogP contribution in [0.3, 0.4) is 0 Å². The van der Waals surface area contributed by atoms with Crippen LogP contribution < -0.4 is 11.5 Å². The van der Waals surface area contributed by atoms with E-state index in [1.165, 1.54) is 0 Å². The van der Waals surface area contributed by atoms with Crippen molar-refractivity contribution in [2.45, 2.75) is 13.8 Å². The van der Waals surface area contributed by atoms with Crippen LogP contribution in [-0.2, 0) is 0 Å². The number of nitrogen functional groups attached to an aromatic ring is 2. The number of anilines is 2. The fraction of sp³-hybridized carbons (Fsp3) is 0.143. The highest BCUT2D eigenvalue weighted by Gasteiger charge is 2.01. The summed E-state index contributed by atoms with van der Waals surface area (Å²) in [6.45, 7) is 3.92. The number of hydrogen-bond acceptors (Lipinski definition) is 4. The SMILES string of the molecule is Cc1cc(N=Nc2ccc(N)cc2)c(C)cc1N. The molecule has 0 unspecified atom stereocenters. The molecule has 0 radical (unpaired) electrons. The quantitative estimate of drug-likeness (QED) is 0.617. The van der Waals surface area contributed by atoms with E-state index in [-0.39, 0.29) is 0 Å². The Morgan fingerprint density at radius 2 is 1.50 bits per heavy atom. The molecule has 2 rings (SSSR count). The van der Waals surface area contributed by atoms with E-state index in [9.17, 15) is 0 Å². The largest absolute Gasteiger partial charge is 0.399 e. The van der Waals surface area contributed by atoms with Crippen molar-refractivity contribution >= 4 is 22.7 Å². The standard InChI is InChI=1S/C14H16N4/c1-9-8-14(10(2)7-13(9)16)18-17-12-5-3-11(15)4-6-12/h3-8H,15-16H2,1-2H3. The highest BCUT2D eigenvalue weighted by Crippen LogP contribution is 2.26. The molecular formula is C14H16N4. The van der Waals surface area contributed by atoms with Gasteiger partial charge in [-0.2, -0.15) is 10.2 Å². The average molecular weight is 240 g/mol. The first-order chi connectivity index (χ1) is 8.56. The van der Waals surface area contributed by atoms with Crippen molar-refractivity contribution < 1.29 is 0 Å². The third kappa shape index (κ3) is 2.66. The minimum absolute atomic E-state index is 0.716. The van der Waals surface area contributed by atoms with Gasteiger partial charge in [-0.25, -0.2) is 0 Å². The van der Waals surface area contributed by atoms with Crippen molar-refractivity contribution in [1.29, 1.82) is 0 Å². The Hall–Kier alpha value is -2.36. The summed E-state index contributed by atoms with van der Waals surface area (Å²) in [5.41, 5.74) is 16.6. The van der Waals surface area contributed by atoms with E-state index in [0.29, 0.717) is 5.69 Å². The molecule has 2 aromatic rings. The van der Waals surface area contributed by atoms with Gasteiger partial charge in [-0.1, -0.05) is 0 Å². The van der Waals surface area contributed by atoms with Crippen molar-refractivity contribution in [3.63, 3.8) is 0 Å². The molecule has 2 aromatic carbocycles. The van der Waals surface area contributed by atoms with Crippen LogP contribution in [-0.4, -0.2) is 0 Å². The molecule has 0 saturated heterocycles. The summed E-state index contributed by atoms with van der Waals surface area (Å²) in [6.07, 6.45) is 0. The van der Waals surface area contributed by atoms with E-state index in [1.54, 1.807) is 12.1 Å². The second-order valence-electron chi connectivity index (χ2n) is 4.29. The lowest BCUT2D eigenvalue weighted by molar-refractivity contribution is 1.20. The van der Waals surface area contributed by atoms with Crippen molar-refractivity contribution in [3.05, 3.63) is 47.5 Å². The molecule has 0 atom stereocenters. The maximum absolute atomic E-state index is 5.83. The summed E-state index contributed by atoms with van der Waals surface area (Å²) < 4.78 is 0. The molecule has 4 N–H and O–H groups in total. The van der Waals surface area contributed by atoms with Gasteiger partial charge in [0.2, 0.25) is 0 Å². The monoisotopic (exact) mass is 240 g/mol. The molecule has 92 valence electrons. The Morgan fingerprint density at radius 1 is 0.833 bits per heavy atom. The lowest BCUT2D eigenvalue weighted by Gasteiger charge is -2.04. The first kappa shape index (κ1) is 12.1. The summed E-state index contributed by atoms with van der Waals surface area (Å²) in [7, 11) is 0. The summed E-state index contributed by atoms with van der Waals surface area (Å²) in [4.78, 5) is 0. The van der Waals surface area contributed by atoms with Crippen molar-refractivity contribution in [3.8, 4) is 0 Å². The van der Waals surface area contributed by atoms with Gasteiger partial charge < -0.3 is 11.5 Å². The van der Waals surface area contributed by atoms with Crippen LogP contribution in [0.1, 0.15) is 11.1 Å². The van der Waals surface area contributed by atoms with Crippen LogP contribution in [0.2, 0.25) is 0 Å². The molecule has 0 bridgehead atoms. The average Bonchev–Trinajstić information content (AvgIpc) is 2.34. The Kier molecular flexibility index (Phi) is 3.28. The highest BCUT2D eigenvalue weighted by molar-refractivity contribution is 5.59. The molecule has 0 aliphatic heterocycles. The van der Waals surface area contributed by atoms with Gasteiger partial charge in [-0.05, 0) is 61.4 Å². The van der Waals surface area contributed by atoms with Crippen LogP contribution >= 0.6 is 0 Å². The van der Waals surface area contributed by atoms with Crippen LogP contribution in [0, 0.1) is 13.8 Å². The first-order valence-corrected chi connectivity index (χ1v) is 5.70. The number of nitrogens with zero attached hydrogens (tertiary/aromatic N) is 2. The minimum atomic E-state index is 0.716. The lowest BCUT2D eigenvalue weighted by atomic mass is 10.1. The Balaban J connectivity index is 2.28. The number of azo groups is 1. The van der Waals surface area contributed by atoms with E-state index >= 15 is 0 Å². The smallest absolute Gasteiger partial charge is 0.0890 e. The topological polar surface area (TPSA) is 76.8 Å². The maximum Gasteiger partial charge on any atom is 0.0890 e. The number of nitrogens with two attached hydrogens (primary N) is 2. The summed E-state index contributed by atoms with van der Waals surface area (Å²) >= 11 is 0. The Labute approximate surface area is 106 Å². The number of hydrogen-bond donors (Lipinski definition) is 2. The predicted octanol–water partition coefficient (Wildman–Crippen LogP) is 3.88. The van der Waals surface area contributed by atoms with E-state index in [4.69, 9.17) is 11.5 Å². The van der Waals surface area contributed by atoms with Gasteiger partial charge in [-0.3, -0.25) is 0 Å². The van der Waals surface area contributed by atoms with E-state index in [1.807, 2.05) is 38.1 Å². The number of aryl methyl sites for hydroxylation is 2. The molecule has 0 aromatic heterocycles. The van der Waals surface area contributed by atoms with Gasteiger partial charge in [0, 0.05) is 11.4 Å². The lowest BCUT2D eigenvalue weighted by Crippen LogP contribution is -1.89. The van der Waals surface area contributed by atoms with Crippen molar-refractivity contribution in [2.24, 2.45) is 10.2 Å². The van der Waals surface area contributed by atoms with Gasteiger partial charge in [0.15, 0.2) is 0 Å². The van der Waals surface area contributed by atoms with E-state index in [2.05, 4.69) is 10.2 Å². The molecule has 4 heteroatoms. The van der Waals surface area contributed by atoms with Gasteiger partial charge in [0.1, 0.15) is 0 Å². The first-order valence-electron chi connectivity index (χ1n) is 5.70. The molecule has 0 fully saturated rings. The number of rotatable bonds is 2. The molecule has 4 nitrogen and oxygen atoms in total. The minimum Gasteiger partial charge on any atom is -0.399 e. The van der Waals surface area contributed by atoms with Crippen LogP contribution in [0.4, 0.5) is 22.7 Å². The second-order valence-corrected chi connectivity index (χ2v) is 4.29. The molecule has 18 heavy (non-hydrogen) atoms. The van der Waals surface area contributed by atoms with Crippen LogP contribution in [0.25, 0.3) is 0 Å². The van der Waals surface area contributed by atoms with Gasteiger partial charge >= 0.3 is 0 Å². The summed E-state index contributed by atoms with van der Waals surface area (Å²) in [5.74, 6) is 0. The maximum atomic E-state index is 5.83. The molecule has 0 aliphatic carbocycles. The van der Waals surface area contributed by atoms with Gasteiger partial charge in [-0.15, -0.1) is 0 Å². The van der Waals surface area contributed by atoms with Crippen molar-refractivity contribution in [1.82, 2.24) is 0 Å². The molecule has 0 spiro atoms. The zero-order valence-corrected chi connectivity index (χ0v) is 10.5. The summed E-state index contributed by atoms with van der Waals surface area (Å²) in [6, 6.07) is 11.1.